The van der Waals surface area contributed by atoms with Crippen molar-refractivity contribution in [1.82, 2.24) is 0 Å². The zero-order chi connectivity index (χ0) is 44.5. The van der Waals surface area contributed by atoms with Crippen molar-refractivity contribution >= 4 is 5.97 Å². The lowest BCUT2D eigenvalue weighted by molar-refractivity contribution is -0.379. The van der Waals surface area contributed by atoms with Crippen molar-refractivity contribution in [2.24, 2.45) is 50.2 Å². The van der Waals surface area contributed by atoms with E-state index in [0.29, 0.717) is 6.42 Å². The molecule has 5 heterocycles. The third-order valence-corrected chi connectivity index (χ3v) is 19.7. The van der Waals surface area contributed by atoms with Gasteiger partial charge in [0.25, 0.3) is 0 Å². The molecule has 0 aromatic rings. The van der Waals surface area contributed by atoms with Crippen molar-refractivity contribution in [3.63, 3.8) is 0 Å². The van der Waals surface area contributed by atoms with Crippen LogP contribution in [-0.2, 0) is 42.7 Å². The fourth-order valence-corrected chi connectivity index (χ4v) is 16.1. The molecule has 10 aliphatic rings. The van der Waals surface area contributed by atoms with E-state index in [9.17, 15) is 40.5 Å². The number of esters is 1. The Morgan fingerprint density at radius 2 is 1.29 bits per heavy atom. The van der Waals surface area contributed by atoms with Gasteiger partial charge in [0.1, 0.15) is 61.0 Å². The topological polar surface area (TPSA) is 236 Å². The van der Waals surface area contributed by atoms with Crippen molar-refractivity contribution in [3.05, 3.63) is 0 Å². The minimum atomic E-state index is -1.70. The molecule has 16 heteroatoms. The van der Waals surface area contributed by atoms with Gasteiger partial charge in [0.15, 0.2) is 24.5 Å². The van der Waals surface area contributed by atoms with Crippen LogP contribution in [0.3, 0.4) is 0 Å². The number of hydrogen-bond acceptors (Lipinski definition) is 16. The second kappa shape index (κ2) is 14.5. The first-order valence-corrected chi connectivity index (χ1v) is 23.5. The van der Waals surface area contributed by atoms with Crippen LogP contribution in [0.25, 0.3) is 0 Å². The minimum Gasteiger partial charge on any atom is -0.455 e. The molecule has 24 atom stereocenters. The standard InChI is InChI=1S/C46H72O16/c1-20-26(49)28(51)32(61-36-29(52)27(50)21(47)18-55-36)38(57-20)60-31-22(48)19-56-37(30(31)53)58-25-10-11-42(6)23(41(25,4)5)9-12-43(7)34(42)33-35(59-33)46-24-17-40(2,3)13-15-45(24,39(54)62-46)16-14-44(43,46)8/h20-38,47-53H,9-19H2,1-8H3/t20-,21+,22+,23?,24?,25-,26+,27-,28-,29+,30+,31-,32-,33-,34?,35-,36+,37-,38+,42-,43+,44-,45-,46+/m0/s1. The summed E-state index contributed by atoms with van der Waals surface area (Å²) >= 11 is 0. The number of ether oxygens (including phenoxy) is 8. The molecule has 5 aliphatic carbocycles. The summed E-state index contributed by atoms with van der Waals surface area (Å²) in [5.74, 6) is 0.654. The second-order valence-electron chi connectivity index (χ2n) is 23.5. The van der Waals surface area contributed by atoms with Crippen molar-refractivity contribution in [3.8, 4) is 0 Å². The van der Waals surface area contributed by atoms with Gasteiger partial charge < -0.3 is 73.6 Å². The molecule has 2 bridgehead atoms. The molecular formula is C46H72O16. The van der Waals surface area contributed by atoms with Gasteiger partial charge in [-0.2, -0.15) is 0 Å². The summed E-state index contributed by atoms with van der Waals surface area (Å²) in [6.45, 7) is 17.5. The third kappa shape index (κ3) is 5.91. The summed E-state index contributed by atoms with van der Waals surface area (Å²) in [6.07, 6.45) is -10.8. The molecule has 0 radical (unpaired) electrons. The Labute approximate surface area is 364 Å². The van der Waals surface area contributed by atoms with Gasteiger partial charge in [-0.1, -0.05) is 48.5 Å². The molecule has 0 amide bonds. The first kappa shape index (κ1) is 44.7. The predicted octanol–water partition coefficient (Wildman–Crippen LogP) is 1.67. The van der Waals surface area contributed by atoms with Gasteiger partial charge in [0.05, 0.1) is 36.9 Å². The lowest BCUT2D eigenvalue weighted by Crippen LogP contribution is -2.75. The highest BCUT2D eigenvalue weighted by Crippen LogP contribution is 2.83. The summed E-state index contributed by atoms with van der Waals surface area (Å²) in [6, 6.07) is 0. The molecular weight excluding hydrogens is 808 g/mol. The van der Waals surface area contributed by atoms with E-state index in [1.807, 2.05) is 0 Å². The Kier molecular flexibility index (Phi) is 10.4. The first-order valence-electron chi connectivity index (χ1n) is 23.5. The van der Waals surface area contributed by atoms with Gasteiger partial charge in [-0.3, -0.25) is 4.79 Å². The summed E-state index contributed by atoms with van der Waals surface area (Å²) in [4.78, 5) is 14.1. The Morgan fingerprint density at radius 3 is 2.02 bits per heavy atom. The molecule has 3 unspecified atom stereocenters. The van der Waals surface area contributed by atoms with Crippen LogP contribution in [0, 0.1) is 50.2 Å². The molecule has 5 saturated heterocycles. The van der Waals surface area contributed by atoms with E-state index in [4.69, 9.17) is 37.9 Å². The average molecular weight is 881 g/mol. The number of epoxide rings is 1. The fourth-order valence-electron chi connectivity index (χ4n) is 16.1. The number of carbonyl (C=O) groups is 1. The van der Waals surface area contributed by atoms with Crippen molar-refractivity contribution in [2.45, 2.75) is 217 Å². The van der Waals surface area contributed by atoms with Crippen LogP contribution in [0.5, 0.6) is 0 Å². The zero-order valence-corrected chi connectivity index (χ0v) is 37.6. The van der Waals surface area contributed by atoms with Crippen LogP contribution < -0.4 is 0 Å². The maximum atomic E-state index is 14.1. The molecule has 5 saturated carbocycles. The predicted molar refractivity (Wildman–Crippen MR) is 214 cm³/mol. The van der Waals surface area contributed by atoms with Crippen LogP contribution >= 0.6 is 0 Å². The van der Waals surface area contributed by atoms with E-state index < -0.39 is 90.9 Å². The van der Waals surface area contributed by atoms with E-state index in [2.05, 4.69) is 48.5 Å². The maximum Gasteiger partial charge on any atom is 0.313 e. The largest absolute Gasteiger partial charge is 0.455 e. The average Bonchev–Trinajstić information content (AvgIpc) is 3.96. The Balaban J connectivity index is 0.864. The fraction of sp³-hybridized carbons (Fsp3) is 0.978. The van der Waals surface area contributed by atoms with Gasteiger partial charge in [-0.25, -0.2) is 0 Å². The SMILES string of the molecule is C[C@@H]1O[C@H](O[C@@H]2[C@@H](O)[C@H](O[C@H]3CC[C@@]4(C)C(CC[C@]5(C)C4[C@@H]4O[C@@H]4[C@]46OC(=O)[C@@]7(CCC(C)(C)CC74)CC[C@]65C)C3(C)C)OC[C@H]2O)[C@@H](O[C@H]2OC[C@@H](O)[C@H](O)[C@H]2O)[C@@H](O)[C@@H]1O. The second-order valence-corrected chi connectivity index (χ2v) is 23.5. The Hall–Kier alpha value is -1.09. The number of rotatable bonds is 6. The number of hydrogen-bond donors (Lipinski definition) is 7. The first-order chi connectivity index (χ1) is 29.0. The number of aliphatic hydroxyl groups excluding tert-OH is 7. The quantitative estimate of drug-likeness (QED) is 0.114. The van der Waals surface area contributed by atoms with Gasteiger partial charge >= 0.3 is 5.97 Å². The molecule has 0 aromatic heterocycles. The van der Waals surface area contributed by atoms with E-state index in [0.717, 1.165) is 51.4 Å². The number of carbonyl (C=O) groups excluding carboxylic acids is 1. The summed E-state index contributed by atoms with van der Waals surface area (Å²) in [7, 11) is 0. The van der Waals surface area contributed by atoms with E-state index in [1.165, 1.54) is 6.92 Å². The molecule has 16 nitrogen and oxygen atoms in total. The van der Waals surface area contributed by atoms with Crippen molar-refractivity contribution < 1.29 is 78.4 Å². The smallest absolute Gasteiger partial charge is 0.313 e. The molecule has 7 N–H and O–H groups in total. The molecule has 62 heavy (non-hydrogen) atoms. The van der Waals surface area contributed by atoms with E-state index >= 15 is 0 Å². The van der Waals surface area contributed by atoms with Crippen LogP contribution in [0.15, 0.2) is 0 Å². The molecule has 10 rings (SSSR count). The van der Waals surface area contributed by atoms with E-state index in [-0.39, 0.29) is 82.3 Å². The van der Waals surface area contributed by atoms with E-state index in [1.54, 1.807) is 0 Å². The maximum absolute atomic E-state index is 14.1. The highest BCUT2D eigenvalue weighted by Gasteiger charge is 2.89. The summed E-state index contributed by atoms with van der Waals surface area (Å²) < 4.78 is 50.0. The van der Waals surface area contributed by atoms with Crippen LogP contribution in [-0.4, -0.2) is 159 Å². The molecule has 10 fully saturated rings. The molecule has 352 valence electrons. The molecule has 1 spiro atoms. The minimum absolute atomic E-state index is 0.00513. The van der Waals surface area contributed by atoms with Gasteiger partial charge in [0, 0.05) is 11.3 Å². The zero-order valence-electron chi connectivity index (χ0n) is 37.6. The molecule has 5 aliphatic heterocycles. The van der Waals surface area contributed by atoms with Crippen LogP contribution in [0.1, 0.15) is 113 Å². The normalized spacial score (nSPS) is 59.7. The number of fused-ring (bicyclic) bond motifs is 6. The van der Waals surface area contributed by atoms with Crippen LogP contribution in [0.4, 0.5) is 0 Å². The lowest BCUT2D eigenvalue weighted by Gasteiger charge is -2.72. The van der Waals surface area contributed by atoms with Gasteiger partial charge in [-0.05, 0) is 98.2 Å². The van der Waals surface area contributed by atoms with Gasteiger partial charge in [0.2, 0.25) is 0 Å². The third-order valence-electron chi connectivity index (χ3n) is 19.7. The Bertz CT molecular complexity index is 1760. The lowest BCUT2D eigenvalue weighted by atomic mass is 9.31. The summed E-state index contributed by atoms with van der Waals surface area (Å²) in [5.41, 5.74) is -1.75. The van der Waals surface area contributed by atoms with Crippen molar-refractivity contribution in [1.29, 1.82) is 0 Å². The van der Waals surface area contributed by atoms with Crippen molar-refractivity contribution in [2.75, 3.05) is 13.2 Å². The highest BCUT2D eigenvalue weighted by atomic mass is 16.8. The highest BCUT2D eigenvalue weighted by molar-refractivity contribution is 5.82. The van der Waals surface area contributed by atoms with Gasteiger partial charge in [-0.15, -0.1) is 0 Å². The Morgan fingerprint density at radius 1 is 0.629 bits per heavy atom. The van der Waals surface area contributed by atoms with Crippen LogP contribution in [0.2, 0.25) is 0 Å². The molecule has 0 aromatic carbocycles. The number of aliphatic hydroxyl groups is 7. The monoisotopic (exact) mass is 880 g/mol. The summed E-state index contributed by atoms with van der Waals surface area (Å²) in [5, 5.41) is 75.5.